The molecule has 2 aromatic carbocycles. The number of aryl methyl sites for hydroxylation is 1. The molecule has 0 unspecified atom stereocenters. The van der Waals surface area contributed by atoms with Gasteiger partial charge in [0, 0.05) is 62.5 Å². The van der Waals surface area contributed by atoms with Gasteiger partial charge in [0.05, 0.1) is 11.2 Å². The number of ether oxygens (including phenoxy) is 1. The third kappa shape index (κ3) is 5.46. The van der Waals surface area contributed by atoms with Crippen molar-refractivity contribution < 1.29 is 14.3 Å². The monoisotopic (exact) mass is 500 g/mol. The first-order valence-electron chi connectivity index (χ1n) is 12.8. The maximum atomic E-state index is 13.0. The standard InChI is InChI=1S/C28H32N6O3/c1-20-24(27(35)4-3-15-37-2)9-10-26-25(20)17-33(31-26)16-21-11-13-32(14-12-21)28(36)22-5-7-23(8-6-22)34-19-29-18-30-34/h5-10,17-19,21H,3-4,11-16H2,1-2H3. The minimum absolute atomic E-state index is 0.0618. The second-order valence-corrected chi connectivity index (χ2v) is 9.66. The van der Waals surface area contributed by atoms with E-state index in [1.807, 2.05) is 52.9 Å². The molecule has 0 atom stereocenters. The predicted octanol–water partition coefficient (Wildman–Crippen LogP) is 4.09. The number of hydrogen-bond acceptors (Lipinski definition) is 6. The minimum atomic E-state index is 0.0618. The number of amides is 1. The lowest BCUT2D eigenvalue weighted by atomic mass is 9.96. The average Bonchev–Trinajstić information content (AvgIpc) is 3.60. The molecule has 192 valence electrons. The molecule has 1 amide bonds. The van der Waals surface area contributed by atoms with Crippen molar-refractivity contribution in [3.8, 4) is 5.69 Å². The van der Waals surface area contributed by atoms with E-state index in [1.54, 1.807) is 18.1 Å². The molecule has 1 fully saturated rings. The van der Waals surface area contributed by atoms with E-state index in [2.05, 4.69) is 16.3 Å². The van der Waals surface area contributed by atoms with Crippen LogP contribution in [0, 0.1) is 12.8 Å². The van der Waals surface area contributed by atoms with Gasteiger partial charge in [0.2, 0.25) is 0 Å². The summed E-state index contributed by atoms with van der Waals surface area (Å²) in [4.78, 5) is 31.6. The Bertz CT molecular complexity index is 1370. The molecule has 1 aliphatic rings. The van der Waals surface area contributed by atoms with Crippen LogP contribution < -0.4 is 0 Å². The van der Waals surface area contributed by atoms with Gasteiger partial charge >= 0.3 is 0 Å². The van der Waals surface area contributed by atoms with Crippen LogP contribution in [0.3, 0.4) is 0 Å². The second kappa shape index (κ2) is 11.0. The van der Waals surface area contributed by atoms with Gasteiger partial charge in [0.15, 0.2) is 5.78 Å². The zero-order valence-electron chi connectivity index (χ0n) is 21.3. The van der Waals surface area contributed by atoms with E-state index in [1.165, 1.54) is 6.33 Å². The third-order valence-electron chi connectivity index (χ3n) is 7.20. The first kappa shape index (κ1) is 24.8. The van der Waals surface area contributed by atoms with Crippen molar-refractivity contribution in [3.05, 3.63) is 71.9 Å². The van der Waals surface area contributed by atoms with Crippen molar-refractivity contribution in [1.29, 1.82) is 0 Å². The molecule has 9 nitrogen and oxygen atoms in total. The van der Waals surface area contributed by atoms with Crippen LogP contribution in [-0.2, 0) is 11.3 Å². The maximum absolute atomic E-state index is 13.0. The van der Waals surface area contributed by atoms with Crippen molar-refractivity contribution in [2.24, 2.45) is 5.92 Å². The van der Waals surface area contributed by atoms with Crippen LogP contribution in [-0.4, -0.2) is 67.9 Å². The van der Waals surface area contributed by atoms with Gasteiger partial charge < -0.3 is 9.64 Å². The molecule has 1 saturated heterocycles. The number of benzene rings is 2. The number of piperidine rings is 1. The molecule has 2 aromatic heterocycles. The number of fused-ring (bicyclic) bond motifs is 1. The molecule has 9 heteroatoms. The minimum Gasteiger partial charge on any atom is -0.385 e. The SMILES string of the molecule is COCCCC(=O)c1ccc2nn(CC3CCN(C(=O)c4ccc(-n5cncn5)cc4)CC3)cc2c1C. The van der Waals surface area contributed by atoms with Gasteiger partial charge in [-0.05, 0) is 74.1 Å². The summed E-state index contributed by atoms with van der Waals surface area (Å²) in [5, 5.41) is 9.92. The van der Waals surface area contributed by atoms with Crippen molar-refractivity contribution >= 4 is 22.6 Å². The summed E-state index contributed by atoms with van der Waals surface area (Å²) >= 11 is 0. The summed E-state index contributed by atoms with van der Waals surface area (Å²) < 4.78 is 8.74. The molecule has 37 heavy (non-hydrogen) atoms. The topological polar surface area (TPSA) is 95.1 Å². The Hall–Kier alpha value is -3.85. The molecular weight excluding hydrogens is 468 g/mol. The van der Waals surface area contributed by atoms with Crippen LogP contribution in [0.15, 0.2) is 55.2 Å². The molecule has 4 aromatic rings. The number of hydrogen-bond donors (Lipinski definition) is 0. The van der Waals surface area contributed by atoms with Crippen LogP contribution in [0.1, 0.15) is 52.0 Å². The summed E-state index contributed by atoms with van der Waals surface area (Å²) in [5.41, 5.74) is 4.22. The summed E-state index contributed by atoms with van der Waals surface area (Å²) in [7, 11) is 1.65. The number of Topliss-reactive ketones (excluding diaryl/α,β-unsaturated/α-hetero) is 1. The fraction of sp³-hybridized carbons (Fsp3) is 0.393. The van der Waals surface area contributed by atoms with E-state index >= 15 is 0 Å². The van der Waals surface area contributed by atoms with Crippen LogP contribution in [0.5, 0.6) is 0 Å². The molecule has 0 aliphatic carbocycles. The van der Waals surface area contributed by atoms with E-state index in [0.717, 1.165) is 66.6 Å². The van der Waals surface area contributed by atoms with Crippen molar-refractivity contribution in [1.82, 2.24) is 29.4 Å². The summed E-state index contributed by atoms with van der Waals surface area (Å²) in [6, 6.07) is 11.3. The van der Waals surface area contributed by atoms with E-state index in [0.29, 0.717) is 24.5 Å². The predicted molar refractivity (Wildman–Crippen MR) is 140 cm³/mol. The first-order chi connectivity index (χ1) is 18.0. The van der Waals surface area contributed by atoms with Gasteiger partial charge in [-0.25, -0.2) is 9.67 Å². The van der Waals surface area contributed by atoms with Crippen molar-refractivity contribution in [2.75, 3.05) is 26.8 Å². The Morgan fingerprint density at radius 1 is 1.08 bits per heavy atom. The fourth-order valence-electron chi connectivity index (χ4n) is 5.05. The summed E-state index contributed by atoms with van der Waals surface area (Å²) in [6.45, 7) is 4.86. The Balaban J connectivity index is 1.18. The number of ketones is 1. The van der Waals surface area contributed by atoms with Crippen LogP contribution in [0.2, 0.25) is 0 Å². The van der Waals surface area contributed by atoms with Gasteiger partial charge in [0.1, 0.15) is 12.7 Å². The van der Waals surface area contributed by atoms with Crippen LogP contribution in [0.4, 0.5) is 0 Å². The van der Waals surface area contributed by atoms with Crippen LogP contribution in [0.25, 0.3) is 16.6 Å². The second-order valence-electron chi connectivity index (χ2n) is 9.66. The number of aromatic nitrogens is 5. The Morgan fingerprint density at radius 3 is 2.57 bits per heavy atom. The Morgan fingerprint density at radius 2 is 1.86 bits per heavy atom. The Kier molecular flexibility index (Phi) is 7.41. The highest BCUT2D eigenvalue weighted by molar-refractivity contribution is 6.01. The van der Waals surface area contributed by atoms with E-state index in [4.69, 9.17) is 9.84 Å². The third-order valence-corrected chi connectivity index (χ3v) is 7.20. The number of likely N-dealkylation sites (tertiary alicyclic amines) is 1. The quantitative estimate of drug-likeness (QED) is 0.254. The van der Waals surface area contributed by atoms with Gasteiger partial charge in [-0.3, -0.25) is 14.3 Å². The molecular formula is C28H32N6O3. The van der Waals surface area contributed by atoms with Crippen molar-refractivity contribution in [2.45, 2.75) is 39.2 Å². The molecule has 0 saturated carbocycles. The largest absolute Gasteiger partial charge is 0.385 e. The number of nitrogens with zero attached hydrogens (tertiary/aromatic N) is 6. The molecule has 0 spiro atoms. The number of carbonyl (C=O) groups is 2. The highest BCUT2D eigenvalue weighted by Gasteiger charge is 2.24. The molecule has 0 N–H and O–H groups in total. The van der Waals surface area contributed by atoms with E-state index < -0.39 is 0 Å². The summed E-state index contributed by atoms with van der Waals surface area (Å²) in [5.74, 6) is 0.657. The molecule has 0 radical (unpaired) electrons. The summed E-state index contributed by atoms with van der Waals surface area (Å²) in [6.07, 6.45) is 8.25. The van der Waals surface area contributed by atoms with Gasteiger partial charge in [-0.15, -0.1) is 0 Å². The zero-order chi connectivity index (χ0) is 25.8. The number of carbonyl (C=O) groups excluding carboxylic acids is 2. The van der Waals surface area contributed by atoms with E-state index in [9.17, 15) is 9.59 Å². The van der Waals surface area contributed by atoms with Gasteiger partial charge in [-0.2, -0.15) is 10.2 Å². The first-order valence-corrected chi connectivity index (χ1v) is 12.8. The molecule has 1 aliphatic heterocycles. The lowest BCUT2D eigenvalue weighted by Crippen LogP contribution is -2.39. The highest BCUT2D eigenvalue weighted by Crippen LogP contribution is 2.25. The molecule has 3 heterocycles. The maximum Gasteiger partial charge on any atom is 0.253 e. The lowest BCUT2D eigenvalue weighted by molar-refractivity contribution is 0.0681. The normalized spacial score (nSPS) is 14.4. The molecule has 0 bridgehead atoms. The average molecular weight is 501 g/mol. The fourth-order valence-corrected chi connectivity index (χ4v) is 5.05. The smallest absolute Gasteiger partial charge is 0.253 e. The van der Waals surface area contributed by atoms with Crippen LogP contribution >= 0.6 is 0 Å². The van der Waals surface area contributed by atoms with E-state index in [-0.39, 0.29) is 11.7 Å². The van der Waals surface area contributed by atoms with Crippen molar-refractivity contribution in [3.63, 3.8) is 0 Å². The number of rotatable bonds is 9. The zero-order valence-corrected chi connectivity index (χ0v) is 21.3. The molecule has 5 rings (SSSR count). The Labute approximate surface area is 216 Å². The lowest BCUT2D eigenvalue weighted by Gasteiger charge is -2.32. The number of methoxy groups -OCH3 is 1. The van der Waals surface area contributed by atoms with Gasteiger partial charge in [-0.1, -0.05) is 0 Å². The highest BCUT2D eigenvalue weighted by atomic mass is 16.5. The van der Waals surface area contributed by atoms with Gasteiger partial charge in [0.25, 0.3) is 5.91 Å².